The Balaban J connectivity index is 1.60. The number of nitrogens with zero attached hydrogens (tertiary/aromatic N) is 7. The van der Waals surface area contributed by atoms with Gasteiger partial charge in [0.1, 0.15) is 17.2 Å². The van der Waals surface area contributed by atoms with Crippen LogP contribution < -0.4 is 25.1 Å². The van der Waals surface area contributed by atoms with Crippen molar-refractivity contribution in [2.45, 2.75) is 37.6 Å². The van der Waals surface area contributed by atoms with Crippen molar-refractivity contribution >= 4 is 17.5 Å². The first-order chi connectivity index (χ1) is 24.9. The van der Waals surface area contributed by atoms with Crippen molar-refractivity contribution in [2.24, 2.45) is 15.2 Å². The van der Waals surface area contributed by atoms with Crippen LogP contribution in [-0.4, -0.2) is 49.9 Å². The molecule has 0 saturated carbocycles. The molecular formula is C36H37N9O6. The predicted molar refractivity (Wildman–Crippen MR) is 190 cm³/mol. The number of aliphatic hydroxyl groups excluding tert-OH is 1. The Bertz CT molecular complexity index is 1940. The predicted octanol–water partition coefficient (Wildman–Crippen LogP) is 6.54. The van der Waals surface area contributed by atoms with Gasteiger partial charge in [0, 0.05) is 53.1 Å². The first kappa shape index (κ1) is 36.1. The van der Waals surface area contributed by atoms with Crippen LogP contribution >= 0.6 is 0 Å². The van der Waals surface area contributed by atoms with Crippen molar-refractivity contribution in [1.29, 1.82) is 0 Å². The highest BCUT2D eigenvalue weighted by molar-refractivity contribution is 6.01. The van der Waals surface area contributed by atoms with E-state index in [1.54, 1.807) is 93.1 Å². The van der Waals surface area contributed by atoms with Crippen molar-refractivity contribution in [1.82, 2.24) is 10.9 Å². The lowest BCUT2D eigenvalue weighted by Gasteiger charge is -2.32. The number of aliphatic hydroxyl groups is 1. The molecule has 4 aromatic rings. The maximum Gasteiger partial charge on any atom is 0.266 e. The highest BCUT2D eigenvalue weighted by Gasteiger charge is 2.54. The van der Waals surface area contributed by atoms with Crippen LogP contribution in [0.1, 0.15) is 40.3 Å². The maximum atomic E-state index is 14.7. The topological polar surface area (TPSA) is 208 Å². The molecule has 0 fully saturated rings. The Morgan fingerprint density at radius 2 is 1.65 bits per heavy atom. The molecule has 15 heteroatoms. The van der Waals surface area contributed by atoms with E-state index in [-0.39, 0.29) is 32.0 Å². The smallest absolute Gasteiger partial charge is 0.266 e. The number of amides is 1. The molecule has 0 bridgehead atoms. The molecule has 0 saturated heterocycles. The number of nitrogens with one attached hydrogen (secondary N) is 2. The van der Waals surface area contributed by atoms with Gasteiger partial charge in [-0.25, -0.2) is 10.4 Å². The number of carbonyl (C=O) groups excluding carboxylic acids is 1. The van der Waals surface area contributed by atoms with E-state index in [4.69, 9.17) is 34.6 Å². The second kappa shape index (κ2) is 17.4. The van der Waals surface area contributed by atoms with Crippen molar-refractivity contribution < 1.29 is 28.8 Å². The first-order valence-corrected chi connectivity index (χ1v) is 16.0. The van der Waals surface area contributed by atoms with E-state index in [2.05, 4.69) is 30.9 Å². The molecule has 1 heterocycles. The molecule has 0 aromatic heterocycles. The summed E-state index contributed by atoms with van der Waals surface area (Å²) in [5, 5.41) is 16.8. The third-order valence-electron chi connectivity index (χ3n) is 8.18. The molecule has 5 rings (SSSR count). The van der Waals surface area contributed by atoms with E-state index < -0.39 is 17.6 Å². The van der Waals surface area contributed by atoms with Crippen LogP contribution in [-0.2, 0) is 29.0 Å². The van der Waals surface area contributed by atoms with Crippen LogP contribution in [0, 0.1) is 0 Å². The van der Waals surface area contributed by atoms with Crippen LogP contribution in [0.25, 0.3) is 20.9 Å². The average molecular weight is 692 g/mol. The fourth-order valence-corrected chi connectivity index (χ4v) is 5.70. The van der Waals surface area contributed by atoms with Crippen LogP contribution in [0.2, 0.25) is 0 Å². The van der Waals surface area contributed by atoms with Gasteiger partial charge in [-0.1, -0.05) is 58.8 Å². The zero-order chi connectivity index (χ0) is 36.1. The SMILES string of the molecule is COc1cc(CNNC(=O)[C@@]2(Cc3ccccc3N=[N+]=[N-])N=C(c3ccc(OCCCO)cc3)O[C@H]2c2ccccc2CN=[N+]=[N-])cc(OC)c1. The Labute approximate surface area is 294 Å². The molecule has 4 aromatic carbocycles. The third kappa shape index (κ3) is 8.68. The van der Waals surface area contributed by atoms with E-state index in [0.29, 0.717) is 58.2 Å². The minimum absolute atomic E-state index is 0.00464. The van der Waals surface area contributed by atoms with Gasteiger partial charge in [-0.2, -0.15) is 0 Å². The number of azide groups is 2. The molecule has 2 atom stereocenters. The van der Waals surface area contributed by atoms with Crippen LogP contribution in [0.4, 0.5) is 5.69 Å². The summed E-state index contributed by atoms with van der Waals surface area (Å²) < 4.78 is 23.1. The Morgan fingerprint density at radius 1 is 0.941 bits per heavy atom. The third-order valence-corrected chi connectivity index (χ3v) is 8.18. The molecule has 262 valence electrons. The summed E-state index contributed by atoms with van der Waals surface area (Å²) >= 11 is 0. The lowest BCUT2D eigenvalue weighted by Crippen LogP contribution is -2.53. The second-order valence-corrected chi connectivity index (χ2v) is 11.4. The number of methoxy groups -OCH3 is 2. The summed E-state index contributed by atoms with van der Waals surface area (Å²) in [4.78, 5) is 25.7. The van der Waals surface area contributed by atoms with Gasteiger partial charge in [-0.3, -0.25) is 10.2 Å². The first-order valence-electron chi connectivity index (χ1n) is 16.0. The fraction of sp³-hybridized carbons (Fsp3) is 0.278. The molecule has 0 spiro atoms. The number of aliphatic imine (C=N–C) groups is 1. The lowest BCUT2D eigenvalue weighted by molar-refractivity contribution is -0.130. The monoisotopic (exact) mass is 691 g/mol. The Kier molecular flexibility index (Phi) is 12.3. The number of rotatable bonds is 17. The van der Waals surface area contributed by atoms with Gasteiger partial charge in [0.2, 0.25) is 5.90 Å². The molecule has 0 aliphatic carbocycles. The van der Waals surface area contributed by atoms with Crippen molar-refractivity contribution in [3.63, 3.8) is 0 Å². The van der Waals surface area contributed by atoms with Gasteiger partial charge >= 0.3 is 0 Å². The molecule has 0 radical (unpaired) electrons. The summed E-state index contributed by atoms with van der Waals surface area (Å²) in [5.74, 6) is 1.42. The Hall–Kier alpha value is -6.24. The fourth-order valence-electron chi connectivity index (χ4n) is 5.70. The van der Waals surface area contributed by atoms with E-state index in [9.17, 15) is 10.3 Å². The van der Waals surface area contributed by atoms with E-state index in [1.807, 2.05) is 12.1 Å². The highest BCUT2D eigenvalue weighted by atomic mass is 16.5. The second-order valence-electron chi connectivity index (χ2n) is 11.4. The number of hydrogen-bond donors (Lipinski definition) is 3. The zero-order valence-corrected chi connectivity index (χ0v) is 28.1. The van der Waals surface area contributed by atoms with Gasteiger partial charge in [0.25, 0.3) is 5.91 Å². The molecule has 0 unspecified atom stereocenters. The normalized spacial score (nSPS) is 16.1. The van der Waals surface area contributed by atoms with Gasteiger partial charge < -0.3 is 24.1 Å². The largest absolute Gasteiger partial charge is 0.497 e. The van der Waals surface area contributed by atoms with Crippen molar-refractivity contribution in [3.8, 4) is 17.2 Å². The minimum Gasteiger partial charge on any atom is -0.497 e. The standard InChI is InChI=1S/C36H37N9O6/c1-48-29-18-24(19-30(20-29)49-2)22-39-43-35(47)36(21-26-8-4-6-11-32(26)42-45-38)33(31-10-5-3-9-27(31)23-40-44-37)51-34(41-36)25-12-14-28(15-13-25)50-17-7-16-46/h3-6,8-15,18-20,33,39,46H,7,16-17,21-23H2,1-2H3,(H,43,47)/t33-,36-/m0/s1. The van der Waals surface area contributed by atoms with Gasteiger partial charge in [-0.15, -0.1) is 0 Å². The summed E-state index contributed by atoms with van der Waals surface area (Å²) in [7, 11) is 3.11. The van der Waals surface area contributed by atoms with Gasteiger partial charge in [0.15, 0.2) is 11.6 Å². The van der Waals surface area contributed by atoms with Crippen LogP contribution in [0.5, 0.6) is 17.2 Å². The summed E-state index contributed by atoms with van der Waals surface area (Å²) in [6.07, 6.45) is -0.561. The summed E-state index contributed by atoms with van der Waals surface area (Å²) in [5.41, 5.74) is 26.2. The molecule has 3 N–H and O–H groups in total. The van der Waals surface area contributed by atoms with Crippen LogP contribution in [0.15, 0.2) is 106 Å². The molecule has 1 aliphatic rings. The van der Waals surface area contributed by atoms with Gasteiger partial charge in [-0.05, 0) is 69.7 Å². The maximum absolute atomic E-state index is 14.7. The van der Waals surface area contributed by atoms with E-state index in [1.165, 1.54) is 0 Å². The van der Waals surface area contributed by atoms with Crippen LogP contribution in [0.3, 0.4) is 0 Å². The van der Waals surface area contributed by atoms with Gasteiger partial charge in [0.05, 0.1) is 27.4 Å². The van der Waals surface area contributed by atoms with Crippen molar-refractivity contribution in [3.05, 3.63) is 140 Å². The van der Waals surface area contributed by atoms with Crippen molar-refractivity contribution in [2.75, 3.05) is 27.4 Å². The molecule has 1 amide bonds. The minimum atomic E-state index is -1.67. The quantitative estimate of drug-likeness (QED) is 0.0366. The molecular weight excluding hydrogens is 654 g/mol. The summed E-state index contributed by atoms with van der Waals surface area (Å²) in [6, 6.07) is 26.6. The zero-order valence-electron chi connectivity index (χ0n) is 28.1. The number of ether oxygens (including phenoxy) is 4. The van der Waals surface area contributed by atoms with E-state index >= 15 is 0 Å². The van der Waals surface area contributed by atoms with E-state index in [0.717, 1.165) is 5.56 Å². The number of benzene rings is 4. The molecule has 51 heavy (non-hydrogen) atoms. The Morgan fingerprint density at radius 3 is 2.33 bits per heavy atom. The lowest BCUT2D eigenvalue weighted by atomic mass is 9.80. The number of hydrazine groups is 1. The average Bonchev–Trinajstić information content (AvgIpc) is 3.55. The molecule has 15 nitrogen and oxygen atoms in total. The summed E-state index contributed by atoms with van der Waals surface area (Å²) in [6.45, 7) is 0.574. The molecule has 1 aliphatic heterocycles. The highest BCUT2D eigenvalue weighted by Crippen LogP contribution is 2.44. The number of hydrogen-bond acceptors (Lipinski definition) is 10. The number of carbonyl (C=O) groups is 1.